The third-order valence-electron chi connectivity index (χ3n) is 13.8. The van der Waals surface area contributed by atoms with Crippen molar-refractivity contribution in [1.82, 2.24) is 14.5 Å². The van der Waals surface area contributed by atoms with Crippen molar-refractivity contribution in [2.75, 3.05) is 4.90 Å². The zero-order valence-electron chi connectivity index (χ0n) is 35.2. The maximum Gasteiger partial charge on any atom is 0.138 e. The van der Waals surface area contributed by atoms with E-state index in [0.29, 0.717) is 0 Å². The maximum atomic E-state index is 5.54. The van der Waals surface area contributed by atoms with Gasteiger partial charge in [0.2, 0.25) is 0 Å². The number of nitrogens with zero attached hydrogens (tertiary/aromatic N) is 4. The Morgan fingerprint density at radius 1 is 0.460 bits per heavy atom. The van der Waals surface area contributed by atoms with Crippen molar-refractivity contribution >= 4 is 77.7 Å². The molecular formula is C59H42N4. The molecule has 0 N–H and O–H groups in total. The fourth-order valence-electron chi connectivity index (χ4n) is 10.8. The fraction of sp³-hybridized carbons (Fsp3) is 0.0847. The van der Waals surface area contributed by atoms with Crippen LogP contribution < -0.4 is 4.90 Å². The Bertz CT molecular complexity index is 3730. The molecule has 0 fully saturated rings. The molecule has 0 bridgehead atoms. The van der Waals surface area contributed by atoms with Gasteiger partial charge in [-0.3, -0.25) is 9.47 Å². The normalized spacial score (nSPS) is 14.1. The summed E-state index contributed by atoms with van der Waals surface area (Å²) in [6.45, 7) is 4.74. The Labute approximate surface area is 366 Å². The van der Waals surface area contributed by atoms with Crippen LogP contribution in [0.5, 0.6) is 0 Å². The molecule has 4 heterocycles. The Morgan fingerprint density at radius 2 is 1.10 bits per heavy atom. The number of benzene rings is 8. The molecule has 1 aliphatic heterocycles. The van der Waals surface area contributed by atoms with Gasteiger partial charge >= 0.3 is 0 Å². The van der Waals surface area contributed by atoms with Crippen molar-refractivity contribution in [2.24, 2.45) is 0 Å². The van der Waals surface area contributed by atoms with Gasteiger partial charge in [0.05, 0.1) is 33.4 Å². The third kappa shape index (κ3) is 5.34. The average molecular weight is 807 g/mol. The van der Waals surface area contributed by atoms with Gasteiger partial charge in [0.25, 0.3) is 0 Å². The van der Waals surface area contributed by atoms with Crippen LogP contribution in [0.3, 0.4) is 0 Å². The van der Waals surface area contributed by atoms with Crippen LogP contribution in [-0.4, -0.2) is 14.5 Å². The number of rotatable bonds is 4. The molecule has 8 aromatic carbocycles. The van der Waals surface area contributed by atoms with E-state index < -0.39 is 0 Å². The van der Waals surface area contributed by atoms with Gasteiger partial charge in [0.15, 0.2) is 0 Å². The first-order valence-corrected chi connectivity index (χ1v) is 22.1. The summed E-state index contributed by atoms with van der Waals surface area (Å²) < 4.78 is 2.39. The van der Waals surface area contributed by atoms with Crippen LogP contribution in [0.25, 0.3) is 88.5 Å². The van der Waals surface area contributed by atoms with Crippen molar-refractivity contribution in [3.05, 3.63) is 210 Å². The molecule has 0 amide bonds. The Morgan fingerprint density at radius 3 is 1.94 bits per heavy atom. The summed E-state index contributed by atoms with van der Waals surface area (Å²) in [5, 5.41) is 7.15. The van der Waals surface area contributed by atoms with Gasteiger partial charge in [-0.2, -0.15) is 0 Å². The minimum atomic E-state index is -0.299. The standard InChI is InChI=1S/C59H42N4/c1-59(2)49-28-10-14-32-54(49)63(58-35-47(44-24-8-12-30-52(44)61-58)42-27-16-20-38-18-4-6-22-40(38)42)56-36-55-48(33-50(56)59)45-25-9-13-31-53(45)62(55)57-34-46(43-23-7-11-29-51(43)60-57)41-26-15-19-37-17-3-5-21-39(37)41/h3-5,7-21,23-36H,6,22H2,1-2H3. The number of fused-ring (bicyclic) bond motifs is 9. The number of para-hydroxylation sites is 4. The summed E-state index contributed by atoms with van der Waals surface area (Å²) in [6, 6.07) is 66.5. The van der Waals surface area contributed by atoms with E-state index in [-0.39, 0.29) is 5.41 Å². The zero-order chi connectivity index (χ0) is 41.8. The largest absolute Gasteiger partial charge is 0.294 e. The SMILES string of the molecule is CC1(C)c2ccccc2N(c2cc(-c3cccc4c3CCC=C4)c3ccccc3n2)c2cc3c(cc21)c1ccccc1n3-c1cc(-c2cccc3ccccc23)c2ccccc2n1. The monoisotopic (exact) mass is 806 g/mol. The summed E-state index contributed by atoms with van der Waals surface area (Å²) in [6.07, 6.45) is 6.64. The van der Waals surface area contributed by atoms with Gasteiger partial charge in [-0.15, -0.1) is 0 Å². The molecule has 4 heteroatoms. The number of aromatic nitrogens is 3. The quantitative estimate of drug-likeness (QED) is 0.178. The molecule has 0 saturated heterocycles. The number of hydrogen-bond acceptors (Lipinski definition) is 3. The van der Waals surface area contributed by atoms with E-state index in [1.54, 1.807) is 0 Å². The van der Waals surface area contributed by atoms with Crippen LogP contribution >= 0.6 is 0 Å². The Kier molecular flexibility index (Phi) is 7.74. The van der Waals surface area contributed by atoms with Crippen LogP contribution in [0, 0.1) is 0 Å². The number of anilines is 3. The molecule has 3 aromatic heterocycles. The van der Waals surface area contributed by atoms with Gasteiger partial charge in [-0.1, -0.05) is 159 Å². The highest BCUT2D eigenvalue weighted by Crippen LogP contribution is 2.54. The first-order valence-electron chi connectivity index (χ1n) is 22.1. The summed E-state index contributed by atoms with van der Waals surface area (Å²) in [5.74, 6) is 1.79. The second-order valence-electron chi connectivity index (χ2n) is 17.6. The third-order valence-corrected chi connectivity index (χ3v) is 13.8. The molecule has 0 saturated carbocycles. The highest BCUT2D eigenvalue weighted by molar-refractivity contribution is 6.12. The van der Waals surface area contributed by atoms with Crippen molar-refractivity contribution < 1.29 is 0 Å². The van der Waals surface area contributed by atoms with E-state index in [1.165, 1.54) is 66.1 Å². The molecule has 298 valence electrons. The van der Waals surface area contributed by atoms with Crippen LogP contribution in [0.1, 0.15) is 42.5 Å². The molecule has 11 aromatic rings. The molecule has 0 radical (unpaired) electrons. The van der Waals surface area contributed by atoms with E-state index in [9.17, 15) is 0 Å². The van der Waals surface area contributed by atoms with E-state index in [2.05, 4.69) is 217 Å². The van der Waals surface area contributed by atoms with Crippen LogP contribution in [0.2, 0.25) is 0 Å². The molecule has 63 heavy (non-hydrogen) atoms. The molecule has 0 spiro atoms. The van der Waals surface area contributed by atoms with Crippen molar-refractivity contribution in [3.63, 3.8) is 0 Å². The van der Waals surface area contributed by atoms with E-state index in [1.807, 2.05) is 0 Å². The molecule has 2 aliphatic rings. The second kappa shape index (κ2) is 13.6. The van der Waals surface area contributed by atoms with Gasteiger partial charge in [-0.25, -0.2) is 9.97 Å². The van der Waals surface area contributed by atoms with Crippen LogP contribution in [0.4, 0.5) is 17.2 Å². The van der Waals surface area contributed by atoms with E-state index in [4.69, 9.17) is 9.97 Å². The topological polar surface area (TPSA) is 34.0 Å². The lowest BCUT2D eigenvalue weighted by Gasteiger charge is -2.41. The summed E-state index contributed by atoms with van der Waals surface area (Å²) in [7, 11) is 0. The second-order valence-corrected chi connectivity index (χ2v) is 17.6. The van der Waals surface area contributed by atoms with Crippen molar-refractivity contribution in [3.8, 4) is 28.1 Å². The van der Waals surface area contributed by atoms with E-state index >= 15 is 0 Å². The highest BCUT2D eigenvalue weighted by Gasteiger charge is 2.38. The maximum absolute atomic E-state index is 5.54. The van der Waals surface area contributed by atoms with Crippen LogP contribution in [0.15, 0.2) is 188 Å². The first-order chi connectivity index (χ1) is 31.0. The summed E-state index contributed by atoms with van der Waals surface area (Å²) >= 11 is 0. The lowest BCUT2D eigenvalue weighted by Crippen LogP contribution is -2.31. The molecule has 13 rings (SSSR count). The molecular weight excluding hydrogens is 765 g/mol. The highest BCUT2D eigenvalue weighted by atomic mass is 15.2. The first kappa shape index (κ1) is 35.9. The molecule has 0 atom stereocenters. The zero-order valence-corrected chi connectivity index (χ0v) is 35.2. The summed E-state index contributed by atoms with van der Waals surface area (Å²) in [5.41, 5.74) is 16.2. The number of pyridine rings is 2. The van der Waals surface area contributed by atoms with Crippen molar-refractivity contribution in [1.29, 1.82) is 0 Å². The number of hydrogen-bond donors (Lipinski definition) is 0. The number of allylic oxidation sites excluding steroid dienone is 1. The lowest BCUT2D eigenvalue weighted by molar-refractivity contribution is 0.632. The smallest absolute Gasteiger partial charge is 0.138 e. The predicted molar refractivity (Wildman–Crippen MR) is 264 cm³/mol. The molecule has 0 unspecified atom stereocenters. The fourth-order valence-corrected chi connectivity index (χ4v) is 10.8. The van der Waals surface area contributed by atoms with Gasteiger partial charge in [-0.05, 0) is 117 Å². The minimum absolute atomic E-state index is 0.299. The minimum Gasteiger partial charge on any atom is -0.294 e. The van der Waals surface area contributed by atoms with Gasteiger partial charge in [0, 0.05) is 27.0 Å². The summed E-state index contributed by atoms with van der Waals surface area (Å²) in [4.78, 5) is 13.5. The lowest BCUT2D eigenvalue weighted by atomic mass is 9.73. The van der Waals surface area contributed by atoms with Gasteiger partial charge < -0.3 is 0 Å². The molecule has 4 nitrogen and oxygen atoms in total. The molecule has 1 aliphatic carbocycles. The predicted octanol–water partition coefficient (Wildman–Crippen LogP) is 15.4. The Balaban J connectivity index is 1.11. The average Bonchev–Trinajstić information content (AvgIpc) is 3.66. The van der Waals surface area contributed by atoms with Gasteiger partial charge in [0.1, 0.15) is 11.6 Å². The van der Waals surface area contributed by atoms with Crippen molar-refractivity contribution in [2.45, 2.75) is 32.1 Å². The Hall–Kier alpha value is -7.82. The van der Waals surface area contributed by atoms with Crippen LogP contribution in [-0.2, 0) is 11.8 Å². The van der Waals surface area contributed by atoms with E-state index in [0.717, 1.165) is 68.7 Å².